The Labute approximate surface area is 126 Å². The SMILES string of the molecule is O=C(NCc1ccccn1)C(=O)[C@@H]1C(=O)Nc2ccccc21. The number of rotatable bonds is 4. The molecular weight excluding hydrogens is 282 g/mol. The molecule has 1 aliphatic heterocycles. The van der Waals surface area contributed by atoms with Gasteiger partial charge in [-0.1, -0.05) is 24.3 Å². The fourth-order valence-corrected chi connectivity index (χ4v) is 2.36. The van der Waals surface area contributed by atoms with Gasteiger partial charge in [-0.15, -0.1) is 0 Å². The highest BCUT2D eigenvalue weighted by Gasteiger charge is 2.39. The number of benzene rings is 1. The monoisotopic (exact) mass is 295 g/mol. The number of carbonyl (C=O) groups is 3. The highest BCUT2D eigenvalue weighted by molar-refractivity contribution is 6.44. The first-order valence-corrected chi connectivity index (χ1v) is 6.78. The number of para-hydroxylation sites is 1. The van der Waals surface area contributed by atoms with E-state index >= 15 is 0 Å². The molecule has 0 saturated carbocycles. The molecule has 1 atom stereocenters. The summed E-state index contributed by atoms with van der Waals surface area (Å²) in [4.78, 5) is 40.2. The Kier molecular flexibility index (Phi) is 3.65. The number of nitrogens with zero attached hydrogens (tertiary/aromatic N) is 1. The molecule has 2 heterocycles. The van der Waals surface area contributed by atoms with E-state index in [9.17, 15) is 14.4 Å². The quantitative estimate of drug-likeness (QED) is 0.650. The highest BCUT2D eigenvalue weighted by Crippen LogP contribution is 2.32. The molecule has 1 aromatic carbocycles. The standard InChI is InChI=1S/C16H13N3O3/c20-14(16(22)18-9-10-5-3-4-8-17-10)13-11-6-1-2-7-12(11)19-15(13)21/h1-8,13H,9H2,(H,18,22)(H,19,21)/t13-/m1/s1. The van der Waals surface area contributed by atoms with Gasteiger partial charge in [0.05, 0.1) is 12.2 Å². The number of nitrogens with one attached hydrogen (secondary N) is 2. The molecule has 0 radical (unpaired) electrons. The lowest BCUT2D eigenvalue weighted by atomic mass is 9.95. The largest absolute Gasteiger partial charge is 0.344 e. The summed E-state index contributed by atoms with van der Waals surface area (Å²) in [6, 6.07) is 12.1. The zero-order valence-electron chi connectivity index (χ0n) is 11.6. The van der Waals surface area contributed by atoms with Crippen LogP contribution < -0.4 is 10.6 Å². The van der Waals surface area contributed by atoms with Gasteiger partial charge < -0.3 is 10.6 Å². The molecule has 2 amide bonds. The normalized spacial score (nSPS) is 15.8. The van der Waals surface area contributed by atoms with Crippen LogP contribution in [-0.4, -0.2) is 22.6 Å². The summed E-state index contributed by atoms with van der Waals surface area (Å²) in [5.74, 6) is -3.11. The van der Waals surface area contributed by atoms with Crippen molar-refractivity contribution in [3.05, 3.63) is 59.9 Å². The number of aromatic nitrogens is 1. The van der Waals surface area contributed by atoms with Gasteiger partial charge in [0.15, 0.2) is 0 Å². The third-order valence-corrected chi connectivity index (χ3v) is 3.43. The Morgan fingerprint density at radius 3 is 2.68 bits per heavy atom. The van der Waals surface area contributed by atoms with Crippen LogP contribution in [0.15, 0.2) is 48.7 Å². The third kappa shape index (κ3) is 2.58. The first kappa shape index (κ1) is 13.9. The molecule has 1 aliphatic rings. The van der Waals surface area contributed by atoms with E-state index in [1.54, 1.807) is 48.7 Å². The first-order chi connectivity index (χ1) is 10.7. The predicted octanol–water partition coefficient (Wildman–Crippen LogP) is 1.00. The minimum atomic E-state index is -1.08. The molecular formula is C16H13N3O3. The molecule has 6 heteroatoms. The van der Waals surface area contributed by atoms with Crippen LogP contribution in [0.3, 0.4) is 0 Å². The van der Waals surface area contributed by atoms with E-state index in [1.807, 2.05) is 0 Å². The van der Waals surface area contributed by atoms with Gasteiger partial charge in [-0.2, -0.15) is 0 Å². The van der Waals surface area contributed by atoms with E-state index in [4.69, 9.17) is 0 Å². The fourth-order valence-electron chi connectivity index (χ4n) is 2.36. The van der Waals surface area contributed by atoms with Crippen molar-refractivity contribution < 1.29 is 14.4 Å². The number of Topliss-reactive ketones (excluding diaryl/α,β-unsaturated/α-hetero) is 1. The van der Waals surface area contributed by atoms with E-state index < -0.39 is 23.5 Å². The summed E-state index contributed by atoms with van der Waals surface area (Å²) in [6.07, 6.45) is 1.60. The van der Waals surface area contributed by atoms with Crippen molar-refractivity contribution in [3.63, 3.8) is 0 Å². The predicted molar refractivity (Wildman–Crippen MR) is 78.9 cm³/mol. The number of anilines is 1. The molecule has 0 fully saturated rings. The maximum Gasteiger partial charge on any atom is 0.288 e. The summed E-state index contributed by atoms with van der Waals surface area (Å²) >= 11 is 0. The Balaban J connectivity index is 1.71. The second-order valence-electron chi connectivity index (χ2n) is 4.88. The van der Waals surface area contributed by atoms with Crippen molar-refractivity contribution in [2.45, 2.75) is 12.5 Å². The Morgan fingerprint density at radius 2 is 1.91 bits per heavy atom. The first-order valence-electron chi connectivity index (χ1n) is 6.78. The lowest BCUT2D eigenvalue weighted by Gasteiger charge is -2.08. The summed E-state index contributed by atoms with van der Waals surface area (Å²) < 4.78 is 0. The van der Waals surface area contributed by atoms with Gasteiger partial charge in [0.25, 0.3) is 5.91 Å². The van der Waals surface area contributed by atoms with E-state index in [0.29, 0.717) is 16.9 Å². The van der Waals surface area contributed by atoms with Gasteiger partial charge in [-0.25, -0.2) is 0 Å². The van der Waals surface area contributed by atoms with E-state index in [0.717, 1.165) is 0 Å². The second-order valence-corrected chi connectivity index (χ2v) is 4.88. The number of carbonyl (C=O) groups excluding carboxylic acids is 3. The zero-order chi connectivity index (χ0) is 15.5. The van der Waals surface area contributed by atoms with Crippen molar-refractivity contribution in [1.82, 2.24) is 10.3 Å². The van der Waals surface area contributed by atoms with Gasteiger partial charge in [0.2, 0.25) is 11.7 Å². The topological polar surface area (TPSA) is 88.2 Å². The van der Waals surface area contributed by atoms with Crippen LogP contribution in [0.25, 0.3) is 0 Å². The van der Waals surface area contributed by atoms with Crippen molar-refractivity contribution >= 4 is 23.3 Å². The summed E-state index contributed by atoms with van der Waals surface area (Å²) in [6.45, 7) is 0.140. The van der Waals surface area contributed by atoms with Crippen molar-refractivity contribution in [2.24, 2.45) is 0 Å². The fraction of sp³-hybridized carbons (Fsp3) is 0.125. The Morgan fingerprint density at radius 1 is 1.14 bits per heavy atom. The molecule has 6 nitrogen and oxygen atoms in total. The molecule has 2 aromatic rings. The molecule has 22 heavy (non-hydrogen) atoms. The number of fused-ring (bicyclic) bond motifs is 1. The van der Waals surface area contributed by atoms with Gasteiger partial charge in [-0.3, -0.25) is 19.4 Å². The van der Waals surface area contributed by atoms with E-state index in [1.165, 1.54) is 0 Å². The zero-order valence-corrected chi connectivity index (χ0v) is 11.6. The molecule has 0 unspecified atom stereocenters. The number of hydrogen-bond donors (Lipinski definition) is 2. The maximum atomic E-state index is 12.2. The molecule has 2 N–H and O–H groups in total. The molecule has 0 aliphatic carbocycles. The smallest absolute Gasteiger partial charge is 0.288 e. The average Bonchev–Trinajstić information content (AvgIpc) is 2.88. The van der Waals surface area contributed by atoms with Crippen LogP contribution >= 0.6 is 0 Å². The van der Waals surface area contributed by atoms with Crippen LogP contribution in [-0.2, 0) is 20.9 Å². The van der Waals surface area contributed by atoms with E-state index in [2.05, 4.69) is 15.6 Å². The van der Waals surface area contributed by atoms with Crippen molar-refractivity contribution in [3.8, 4) is 0 Å². The molecule has 3 rings (SSSR count). The molecule has 110 valence electrons. The maximum absolute atomic E-state index is 12.2. The number of amides is 2. The molecule has 1 aromatic heterocycles. The minimum absolute atomic E-state index is 0.140. The van der Waals surface area contributed by atoms with Gasteiger partial charge in [0.1, 0.15) is 5.92 Å². The van der Waals surface area contributed by atoms with Crippen LogP contribution in [0.1, 0.15) is 17.2 Å². The minimum Gasteiger partial charge on any atom is -0.344 e. The van der Waals surface area contributed by atoms with Gasteiger partial charge >= 0.3 is 0 Å². The molecule has 0 bridgehead atoms. The Hall–Kier alpha value is -3.02. The van der Waals surface area contributed by atoms with Crippen LogP contribution in [0.2, 0.25) is 0 Å². The summed E-state index contributed by atoms with van der Waals surface area (Å²) in [7, 11) is 0. The molecule has 0 spiro atoms. The third-order valence-electron chi connectivity index (χ3n) is 3.43. The lowest BCUT2D eigenvalue weighted by Crippen LogP contribution is -2.36. The highest BCUT2D eigenvalue weighted by atomic mass is 16.2. The van der Waals surface area contributed by atoms with Crippen LogP contribution in [0, 0.1) is 0 Å². The van der Waals surface area contributed by atoms with E-state index in [-0.39, 0.29) is 6.54 Å². The number of pyridine rings is 1. The molecule has 0 saturated heterocycles. The second kappa shape index (κ2) is 5.77. The van der Waals surface area contributed by atoms with Gasteiger partial charge in [-0.05, 0) is 23.8 Å². The van der Waals surface area contributed by atoms with Crippen molar-refractivity contribution in [1.29, 1.82) is 0 Å². The van der Waals surface area contributed by atoms with Gasteiger partial charge in [0, 0.05) is 11.9 Å². The Bertz CT molecular complexity index is 743. The van der Waals surface area contributed by atoms with Crippen LogP contribution in [0.4, 0.5) is 5.69 Å². The number of ketones is 1. The summed E-state index contributed by atoms with van der Waals surface area (Å²) in [5, 5.41) is 5.10. The average molecular weight is 295 g/mol. The summed E-state index contributed by atoms with van der Waals surface area (Å²) in [5.41, 5.74) is 1.74. The van der Waals surface area contributed by atoms with Crippen molar-refractivity contribution in [2.75, 3.05) is 5.32 Å². The lowest BCUT2D eigenvalue weighted by molar-refractivity contribution is -0.140. The number of hydrogen-bond acceptors (Lipinski definition) is 4. The van der Waals surface area contributed by atoms with Crippen LogP contribution in [0.5, 0.6) is 0 Å².